The summed E-state index contributed by atoms with van der Waals surface area (Å²) < 4.78 is 21.4. The molecule has 3 rings (SSSR count). The van der Waals surface area contributed by atoms with Gasteiger partial charge in [0.2, 0.25) is 0 Å². The number of phenolic OH excluding ortho intramolecular Hbond substituents is 1. The summed E-state index contributed by atoms with van der Waals surface area (Å²) in [6, 6.07) is 4.32. The maximum absolute atomic E-state index is 13.6. The predicted molar refractivity (Wildman–Crippen MR) is 106 cm³/mol. The van der Waals surface area contributed by atoms with Gasteiger partial charge in [0.15, 0.2) is 33.5 Å². The van der Waals surface area contributed by atoms with Gasteiger partial charge in [0.05, 0.1) is 16.8 Å². The molecule has 0 radical (unpaired) electrons. The van der Waals surface area contributed by atoms with Crippen LogP contribution in [0, 0.1) is 5.82 Å². The zero-order chi connectivity index (χ0) is 20.5. The van der Waals surface area contributed by atoms with E-state index >= 15 is 0 Å². The third-order valence-electron chi connectivity index (χ3n) is 4.37. The molecule has 0 aliphatic rings. The number of benzene rings is 1. The standard InChI is InChI=1S/C18H19B2FN4O3/c1-10(2)25-14(5-6-24-25)16-12(7-22-9-23-16)18(19,20)28-15-4-3-13(21)17(27)11(15)8-26/h3-10,27H,19-20H2,1-2H3. The molecule has 1 aromatic carbocycles. The molecule has 2 heterocycles. The lowest BCUT2D eigenvalue weighted by atomic mass is 9.60. The molecule has 28 heavy (non-hydrogen) atoms. The highest BCUT2D eigenvalue weighted by Crippen LogP contribution is 2.35. The molecule has 0 amide bonds. The third-order valence-corrected chi connectivity index (χ3v) is 4.37. The molecule has 0 spiro atoms. The van der Waals surface area contributed by atoms with Crippen LogP contribution in [-0.4, -0.2) is 46.8 Å². The van der Waals surface area contributed by atoms with Crippen LogP contribution in [0.1, 0.15) is 35.8 Å². The molecule has 0 fully saturated rings. The van der Waals surface area contributed by atoms with E-state index < -0.39 is 17.0 Å². The topological polar surface area (TPSA) is 90.1 Å². The number of halogens is 1. The Morgan fingerprint density at radius 3 is 2.75 bits per heavy atom. The van der Waals surface area contributed by atoms with Crippen LogP contribution in [0.2, 0.25) is 0 Å². The normalized spacial score (nSPS) is 11.6. The number of carbonyl (C=O) groups excluding carboxylic acids is 1. The first-order valence-corrected chi connectivity index (χ1v) is 8.76. The molecule has 0 saturated carbocycles. The smallest absolute Gasteiger partial charge is 0.165 e. The first kappa shape index (κ1) is 19.6. The molecular formula is C18H19B2FN4O3. The van der Waals surface area contributed by atoms with Crippen LogP contribution in [0.3, 0.4) is 0 Å². The van der Waals surface area contributed by atoms with Gasteiger partial charge >= 0.3 is 0 Å². The lowest BCUT2D eigenvalue weighted by Gasteiger charge is -2.29. The molecule has 0 bridgehead atoms. The summed E-state index contributed by atoms with van der Waals surface area (Å²) in [4.78, 5) is 19.9. The van der Waals surface area contributed by atoms with Crippen LogP contribution < -0.4 is 4.74 Å². The monoisotopic (exact) mass is 380 g/mol. The number of ether oxygens (including phenoxy) is 1. The zero-order valence-electron chi connectivity index (χ0n) is 16.0. The number of aromatic nitrogens is 4. The van der Waals surface area contributed by atoms with E-state index in [2.05, 4.69) is 15.1 Å². The highest BCUT2D eigenvalue weighted by atomic mass is 19.1. The number of rotatable bonds is 6. The average molecular weight is 380 g/mol. The minimum Gasteiger partial charge on any atom is -0.504 e. The molecule has 7 nitrogen and oxygen atoms in total. The quantitative estimate of drug-likeness (QED) is 0.508. The fraction of sp³-hybridized carbons (Fsp3) is 0.222. The largest absolute Gasteiger partial charge is 0.504 e. The molecule has 0 unspecified atom stereocenters. The highest BCUT2D eigenvalue weighted by molar-refractivity contribution is 6.39. The van der Waals surface area contributed by atoms with E-state index in [0.717, 1.165) is 11.8 Å². The summed E-state index contributed by atoms with van der Waals surface area (Å²) in [6.45, 7) is 4.02. The van der Waals surface area contributed by atoms with Crippen molar-refractivity contribution in [3.63, 3.8) is 0 Å². The number of aromatic hydroxyl groups is 1. The highest BCUT2D eigenvalue weighted by Gasteiger charge is 2.30. The molecule has 2 aromatic heterocycles. The van der Waals surface area contributed by atoms with Crippen LogP contribution in [-0.2, 0) is 5.40 Å². The lowest BCUT2D eigenvalue weighted by molar-refractivity contribution is 0.111. The molecule has 0 saturated heterocycles. The fourth-order valence-corrected chi connectivity index (χ4v) is 2.98. The molecule has 1 N–H and O–H groups in total. The molecular weight excluding hydrogens is 361 g/mol. The van der Waals surface area contributed by atoms with Gasteiger partial charge in [-0.1, -0.05) is 0 Å². The van der Waals surface area contributed by atoms with E-state index in [1.54, 1.807) is 28.1 Å². The first-order valence-electron chi connectivity index (χ1n) is 8.76. The van der Waals surface area contributed by atoms with Gasteiger partial charge in [-0.3, -0.25) is 9.48 Å². The predicted octanol–water partition coefficient (Wildman–Crippen LogP) is 1.03. The lowest BCUT2D eigenvalue weighted by Crippen LogP contribution is -2.35. The van der Waals surface area contributed by atoms with Gasteiger partial charge in [-0.15, -0.1) is 0 Å². The Morgan fingerprint density at radius 2 is 2.07 bits per heavy atom. The second kappa shape index (κ2) is 7.46. The number of carbonyl (C=O) groups is 1. The Balaban J connectivity index is 2.08. The summed E-state index contributed by atoms with van der Waals surface area (Å²) >= 11 is 0. The number of nitrogens with zero attached hydrogens (tertiary/aromatic N) is 4. The fourth-order valence-electron chi connectivity index (χ4n) is 2.98. The first-order chi connectivity index (χ1) is 13.3. The van der Waals surface area contributed by atoms with Crippen LogP contribution in [0.4, 0.5) is 4.39 Å². The summed E-state index contributed by atoms with van der Waals surface area (Å²) in [5.41, 5.74) is 1.82. The van der Waals surface area contributed by atoms with Crippen LogP contribution in [0.15, 0.2) is 36.9 Å². The van der Waals surface area contributed by atoms with Crippen molar-refractivity contribution in [1.29, 1.82) is 0 Å². The van der Waals surface area contributed by atoms with Gasteiger partial charge < -0.3 is 9.84 Å². The minimum atomic E-state index is -0.995. The van der Waals surface area contributed by atoms with Crippen molar-refractivity contribution in [2.45, 2.75) is 25.3 Å². The Kier molecular flexibility index (Phi) is 5.22. The molecule has 0 aliphatic carbocycles. The van der Waals surface area contributed by atoms with Gasteiger partial charge in [0.25, 0.3) is 0 Å². The van der Waals surface area contributed by atoms with Crippen LogP contribution in [0.25, 0.3) is 11.4 Å². The number of hydrogen-bond acceptors (Lipinski definition) is 6. The Hall–Kier alpha value is -3.16. The van der Waals surface area contributed by atoms with Gasteiger partial charge in [0.1, 0.15) is 17.6 Å². The molecule has 0 aliphatic heterocycles. The Labute approximate surface area is 163 Å². The van der Waals surface area contributed by atoms with Crippen molar-refractivity contribution in [2.24, 2.45) is 0 Å². The SMILES string of the molecule is BC(B)(Oc1ccc(F)c(O)c1C=O)c1cncnc1-c1ccnn1C(C)C. The maximum Gasteiger partial charge on any atom is 0.165 e. The van der Waals surface area contributed by atoms with E-state index in [9.17, 15) is 14.3 Å². The van der Waals surface area contributed by atoms with Crippen LogP contribution >= 0.6 is 0 Å². The van der Waals surface area contributed by atoms with Crippen molar-refractivity contribution < 1.29 is 19.0 Å². The van der Waals surface area contributed by atoms with Crippen molar-refractivity contribution in [2.75, 3.05) is 0 Å². The van der Waals surface area contributed by atoms with Gasteiger partial charge in [0, 0.05) is 24.0 Å². The van der Waals surface area contributed by atoms with Crippen molar-refractivity contribution in [3.05, 3.63) is 53.9 Å². The van der Waals surface area contributed by atoms with Gasteiger partial charge in [-0.2, -0.15) is 5.10 Å². The van der Waals surface area contributed by atoms with Gasteiger partial charge in [-0.05, 0) is 32.0 Å². The maximum atomic E-state index is 13.6. The number of hydrogen-bond donors (Lipinski definition) is 1. The van der Waals surface area contributed by atoms with E-state index in [4.69, 9.17) is 4.74 Å². The summed E-state index contributed by atoms with van der Waals surface area (Å²) in [5, 5.41) is 13.2. The third kappa shape index (κ3) is 3.49. The van der Waals surface area contributed by atoms with Crippen molar-refractivity contribution >= 4 is 22.0 Å². The molecule has 0 atom stereocenters. The van der Waals surface area contributed by atoms with Crippen LogP contribution in [0.5, 0.6) is 11.5 Å². The molecule has 3 aromatic rings. The molecule has 10 heteroatoms. The Bertz CT molecular complexity index is 1020. The number of phenols is 1. The number of aldehydes is 1. The van der Waals surface area contributed by atoms with Gasteiger partial charge in [-0.25, -0.2) is 14.4 Å². The van der Waals surface area contributed by atoms with Crippen molar-refractivity contribution in [3.8, 4) is 22.9 Å². The molecule has 142 valence electrons. The Morgan fingerprint density at radius 1 is 1.32 bits per heavy atom. The summed E-state index contributed by atoms with van der Waals surface area (Å²) in [7, 11) is 3.56. The van der Waals surface area contributed by atoms with E-state index in [-0.39, 0.29) is 17.4 Å². The average Bonchev–Trinajstić information content (AvgIpc) is 3.15. The van der Waals surface area contributed by atoms with E-state index in [0.29, 0.717) is 17.5 Å². The minimum absolute atomic E-state index is 0.0612. The van der Waals surface area contributed by atoms with E-state index in [1.165, 1.54) is 12.4 Å². The second-order valence-corrected chi connectivity index (χ2v) is 7.08. The van der Waals surface area contributed by atoms with E-state index in [1.807, 2.05) is 24.6 Å². The summed E-state index contributed by atoms with van der Waals surface area (Å²) in [6.07, 6.45) is 5.12. The summed E-state index contributed by atoms with van der Waals surface area (Å²) in [5.74, 6) is -1.58. The van der Waals surface area contributed by atoms with Crippen molar-refractivity contribution in [1.82, 2.24) is 19.7 Å². The second-order valence-electron chi connectivity index (χ2n) is 7.08. The zero-order valence-corrected chi connectivity index (χ0v) is 16.0.